The molecule has 11 rings (SSSR count). The maximum absolute atomic E-state index is 5.09. The molecule has 1 aliphatic carbocycles. The third-order valence-electron chi connectivity index (χ3n) is 11.1. The summed E-state index contributed by atoms with van der Waals surface area (Å²) in [6.07, 6.45) is 7.37. The Morgan fingerprint density at radius 3 is 1.57 bits per heavy atom. The van der Waals surface area contributed by atoms with Crippen LogP contribution in [0.1, 0.15) is 18.2 Å². The first-order valence-corrected chi connectivity index (χ1v) is 19.1. The second-order valence-electron chi connectivity index (χ2n) is 14.4. The molecule has 264 valence electrons. The van der Waals surface area contributed by atoms with Gasteiger partial charge in [-0.25, -0.2) is 15.0 Å². The molecule has 0 fully saturated rings. The molecule has 0 amide bonds. The van der Waals surface area contributed by atoms with Crippen LogP contribution in [-0.4, -0.2) is 24.1 Å². The number of hydrogen-bond acceptors (Lipinski definition) is 3. The van der Waals surface area contributed by atoms with Crippen LogP contribution in [0.5, 0.6) is 0 Å². The number of hydrogen-bond donors (Lipinski definition) is 0. The van der Waals surface area contributed by atoms with Crippen LogP contribution >= 0.6 is 0 Å². The van der Waals surface area contributed by atoms with Gasteiger partial charge >= 0.3 is 0 Å². The third-order valence-corrected chi connectivity index (χ3v) is 11.1. The average molecular weight is 718 g/mol. The lowest BCUT2D eigenvalue weighted by Crippen LogP contribution is -2.11. The summed E-state index contributed by atoms with van der Waals surface area (Å²) in [5, 5.41) is 4.99. The summed E-state index contributed by atoms with van der Waals surface area (Å²) < 4.78 is 4.81. The molecule has 0 saturated carbocycles. The smallest absolute Gasteiger partial charge is 0.163 e. The first-order valence-electron chi connectivity index (χ1n) is 19.1. The minimum absolute atomic E-state index is 0.0259. The maximum Gasteiger partial charge on any atom is 0.163 e. The summed E-state index contributed by atoms with van der Waals surface area (Å²) in [4.78, 5) is 15.1. The van der Waals surface area contributed by atoms with Crippen molar-refractivity contribution >= 4 is 49.3 Å². The second-order valence-corrected chi connectivity index (χ2v) is 14.4. The Morgan fingerprint density at radius 2 is 0.929 bits per heavy atom. The Labute approximate surface area is 324 Å². The molecular weight excluding hydrogens is 683 g/mol. The molecular formula is C51H35N5. The summed E-state index contributed by atoms with van der Waals surface area (Å²) in [5.41, 5.74) is 11.5. The standard InChI is InChI=1S/C51H35N5/c1-3-15-34(16-4-1)49-52-50(35-17-5-2-6-18-35)54-51(53-49)38-20-14-22-40(32-38)56-47-28-12-9-25-43(47)44-33-37(29-30-48(44)56)36-19-13-21-39(31-36)55-45-26-10-7-23-41(45)42-24-8-11-27-46(42)55/h1-31,33,38H,32H2. The zero-order chi connectivity index (χ0) is 37.0. The molecule has 56 heavy (non-hydrogen) atoms. The van der Waals surface area contributed by atoms with Gasteiger partial charge in [-0.15, -0.1) is 0 Å². The van der Waals surface area contributed by atoms with Gasteiger partial charge in [0.2, 0.25) is 0 Å². The van der Waals surface area contributed by atoms with Gasteiger partial charge in [-0.2, -0.15) is 0 Å². The lowest BCUT2D eigenvalue weighted by atomic mass is 9.96. The maximum atomic E-state index is 5.09. The van der Waals surface area contributed by atoms with E-state index in [4.69, 9.17) is 15.0 Å². The molecule has 0 radical (unpaired) electrons. The van der Waals surface area contributed by atoms with Crippen LogP contribution in [-0.2, 0) is 0 Å². The van der Waals surface area contributed by atoms with Crippen LogP contribution in [0.4, 0.5) is 0 Å². The van der Waals surface area contributed by atoms with Crippen molar-refractivity contribution in [3.8, 4) is 39.6 Å². The Morgan fingerprint density at radius 1 is 0.411 bits per heavy atom. The van der Waals surface area contributed by atoms with E-state index >= 15 is 0 Å². The highest BCUT2D eigenvalue weighted by molar-refractivity contribution is 6.12. The Bertz CT molecular complexity index is 3060. The fourth-order valence-electron chi connectivity index (χ4n) is 8.48. The van der Waals surface area contributed by atoms with Crippen molar-refractivity contribution in [2.24, 2.45) is 0 Å². The van der Waals surface area contributed by atoms with E-state index in [9.17, 15) is 0 Å². The van der Waals surface area contributed by atoms with Gasteiger partial charge < -0.3 is 9.13 Å². The summed E-state index contributed by atoms with van der Waals surface area (Å²) in [6.45, 7) is 0. The van der Waals surface area contributed by atoms with Crippen molar-refractivity contribution in [3.05, 3.63) is 200 Å². The highest BCUT2D eigenvalue weighted by atomic mass is 15.0. The Kier molecular flexibility index (Phi) is 7.56. The van der Waals surface area contributed by atoms with Gasteiger partial charge in [0.05, 0.1) is 22.1 Å². The third kappa shape index (κ3) is 5.36. The first kappa shape index (κ1) is 32.1. The molecule has 0 spiro atoms. The highest BCUT2D eigenvalue weighted by Gasteiger charge is 2.23. The zero-order valence-corrected chi connectivity index (χ0v) is 30.5. The minimum Gasteiger partial charge on any atom is -0.313 e. The molecule has 1 aliphatic rings. The van der Waals surface area contributed by atoms with E-state index in [-0.39, 0.29) is 5.92 Å². The quantitative estimate of drug-likeness (QED) is 0.172. The van der Waals surface area contributed by atoms with Gasteiger partial charge in [-0.05, 0) is 59.7 Å². The number of nitrogens with zero attached hydrogens (tertiary/aromatic N) is 5. The largest absolute Gasteiger partial charge is 0.313 e. The lowest BCUT2D eigenvalue weighted by Gasteiger charge is -2.21. The molecule has 0 aliphatic heterocycles. The van der Waals surface area contributed by atoms with Gasteiger partial charge in [-0.3, -0.25) is 0 Å². The van der Waals surface area contributed by atoms with Crippen LogP contribution in [0.3, 0.4) is 0 Å². The number of aromatic nitrogens is 5. The van der Waals surface area contributed by atoms with E-state index < -0.39 is 0 Å². The van der Waals surface area contributed by atoms with Crippen LogP contribution in [0.15, 0.2) is 194 Å². The molecule has 0 saturated heterocycles. The molecule has 1 unspecified atom stereocenters. The number of allylic oxidation sites excluding steroid dienone is 4. The van der Waals surface area contributed by atoms with Gasteiger partial charge in [0.25, 0.3) is 0 Å². The highest BCUT2D eigenvalue weighted by Crippen LogP contribution is 2.40. The molecule has 3 aromatic heterocycles. The summed E-state index contributed by atoms with van der Waals surface area (Å²) >= 11 is 0. The summed E-state index contributed by atoms with van der Waals surface area (Å²) in [6, 6.07) is 62.3. The van der Waals surface area contributed by atoms with Crippen LogP contribution < -0.4 is 0 Å². The van der Waals surface area contributed by atoms with E-state index in [2.05, 4.69) is 167 Å². The Hall–Kier alpha value is -7.37. The van der Waals surface area contributed by atoms with Gasteiger partial charge in [0.15, 0.2) is 11.6 Å². The van der Waals surface area contributed by atoms with Crippen LogP contribution in [0.25, 0.3) is 88.9 Å². The first-order chi connectivity index (χ1) is 27.8. The number of benzene rings is 7. The predicted octanol–water partition coefficient (Wildman–Crippen LogP) is 12.7. The number of rotatable bonds is 6. The zero-order valence-electron chi connectivity index (χ0n) is 30.5. The molecule has 5 nitrogen and oxygen atoms in total. The fraction of sp³-hybridized carbons (Fsp3) is 0.0392. The minimum atomic E-state index is -0.0259. The van der Waals surface area contributed by atoms with Crippen molar-refractivity contribution in [2.75, 3.05) is 0 Å². The van der Waals surface area contributed by atoms with E-state index in [1.807, 2.05) is 36.4 Å². The summed E-state index contributed by atoms with van der Waals surface area (Å²) in [7, 11) is 0. The monoisotopic (exact) mass is 717 g/mol. The van der Waals surface area contributed by atoms with Gasteiger partial charge in [0, 0.05) is 56.4 Å². The molecule has 7 aromatic carbocycles. The lowest BCUT2D eigenvalue weighted by molar-refractivity contribution is 0.757. The number of fused-ring (bicyclic) bond motifs is 6. The average Bonchev–Trinajstić information content (AvgIpc) is 3.80. The topological polar surface area (TPSA) is 48.5 Å². The summed E-state index contributed by atoms with van der Waals surface area (Å²) in [5.74, 6) is 2.11. The van der Waals surface area contributed by atoms with E-state index in [0.717, 1.165) is 29.1 Å². The van der Waals surface area contributed by atoms with E-state index in [0.29, 0.717) is 11.6 Å². The molecule has 10 aromatic rings. The van der Waals surface area contributed by atoms with Crippen LogP contribution in [0, 0.1) is 0 Å². The van der Waals surface area contributed by atoms with Crippen molar-refractivity contribution < 1.29 is 0 Å². The molecule has 3 heterocycles. The van der Waals surface area contributed by atoms with Crippen molar-refractivity contribution in [2.45, 2.75) is 12.3 Å². The van der Waals surface area contributed by atoms with Crippen molar-refractivity contribution in [1.29, 1.82) is 0 Å². The normalized spacial score (nSPS) is 14.2. The van der Waals surface area contributed by atoms with Crippen molar-refractivity contribution in [1.82, 2.24) is 24.1 Å². The van der Waals surface area contributed by atoms with Crippen molar-refractivity contribution in [3.63, 3.8) is 0 Å². The molecule has 0 N–H and O–H groups in total. The van der Waals surface area contributed by atoms with Gasteiger partial charge in [-0.1, -0.05) is 146 Å². The molecule has 0 bridgehead atoms. The van der Waals surface area contributed by atoms with E-state index in [1.165, 1.54) is 60.4 Å². The SMILES string of the molecule is C1=CC(c2nc(-c3ccccc3)nc(-c3ccccc3)n2)CC(n2c3ccccc3c3cc(-c4cccc(-n5c6ccccc6c6ccccc65)c4)ccc32)=C1. The van der Waals surface area contributed by atoms with E-state index in [1.54, 1.807) is 0 Å². The fourth-order valence-corrected chi connectivity index (χ4v) is 8.48. The Balaban J connectivity index is 0.992. The van der Waals surface area contributed by atoms with Gasteiger partial charge in [0.1, 0.15) is 5.82 Å². The molecule has 1 atom stereocenters. The second kappa shape index (κ2) is 13.2. The molecule has 5 heteroatoms. The van der Waals surface area contributed by atoms with Crippen LogP contribution in [0.2, 0.25) is 0 Å². The predicted molar refractivity (Wildman–Crippen MR) is 231 cm³/mol. The number of para-hydroxylation sites is 3.